The minimum Gasteiger partial charge on any atom is -0.395 e. The number of fused-ring (bicyclic) bond motifs is 1. The molecule has 0 atom stereocenters. The summed E-state index contributed by atoms with van der Waals surface area (Å²) in [5.41, 5.74) is 1.97. The van der Waals surface area contributed by atoms with Gasteiger partial charge >= 0.3 is 0 Å². The number of imidazole rings is 1. The van der Waals surface area contributed by atoms with Crippen LogP contribution in [0.4, 0.5) is 0 Å². The van der Waals surface area contributed by atoms with Crippen molar-refractivity contribution in [1.29, 1.82) is 0 Å². The van der Waals surface area contributed by atoms with Crippen molar-refractivity contribution in [3.63, 3.8) is 0 Å². The average molecular weight is 235 g/mol. The fourth-order valence-corrected chi connectivity index (χ4v) is 1.88. The van der Waals surface area contributed by atoms with Crippen LogP contribution in [0, 0.1) is 0 Å². The molecule has 0 unspecified atom stereocenters. The molecule has 2 aromatic rings. The van der Waals surface area contributed by atoms with Crippen LogP contribution in [0.2, 0.25) is 0 Å². The zero-order chi connectivity index (χ0) is 12.1. The first-order valence-electron chi connectivity index (χ1n) is 5.70. The summed E-state index contributed by atoms with van der Waals surface area (Å²) in [5.74, 6) is 0. The van der Waals surface area contributed by atoms with Gasteiger partial charge in [0.15, 0.2) is 0 Å². The van der Waals surface area contributed by atoms with Crippen molar-refractivity contribution >= 4 is 5.65 Å². The molecule has 0 amide bonds. The summed E-state index contributed by atoms with van der Waals surface area (Å²) < 4.78 is 2.02. The van der Waals surface area contributed by atoms with Gasteiger partial charge in [0.2, 0.25) is 0 Å². The van der Waals surface area contributed by atoms with Crippen molar-refractivity contribution in [1.82, 2.24) is 14.3 Å². The SMILES string of the molecule is OCCN(CCO)Cc1cnc2ccccn12. The Balaban J connectivity index is 2.15. The Hall–Kier alpha value is -1.43. The van der Waals surface area contributed by atoms with Gasteiger partial charge in [0.05, 0.1) is 25.1 Å². The first kappa shape index (κ1) is 12.0. The molecule has 2 N–H and O–H groups in total. The van der Waals surface area contributed by atoms with E-state index < -0.39 is 0 Å². The molecule has 2 heterocycles. The van der Waals surface area contributed by atoms with Gasteiger partial charge in [0, 0.05) is 25.8 Å². The summed E-state index contributed by atoms with van der Waals surface area (Å²) in [5, 5.41) is 17.9. The lowest BCUT2D eigenvalue weighted by molar-refractivity contribution is 0.154. The highest BCUT2D eigenvalue weighted by atomic mass is 16.3. The van der Waals surface area contributed by atoms with E-state index in [-0.39, 0.29) is 13.2 Å². The molecule has 0 aliphatic carbocycles. The molecule has 0 bridgehead atoms. The molecule has 0 aliphatic rings. The number of pyridine rings is 1. The van der Waals surface area contributed by atoms with Crippen LogP contribution in [-0.4, -0.2) is 50.8 Å². The largest absolute Gasteiger partial charge is 0.395 e. The Morgan fingerprint density at radius 3 is 2.65 bits per heavy atom. The molecular formula is C12H17N3O2. The summed E-state index contributed by atoms with van der Waals surface area (Å²) in [6.07, 6.45) is 3.80. The average Bonchev–Trinajstić information content (AvgIpc) is 2.74. The Kier molecular flexibility index (Phi) is 4.08. The zero-order valence-corrected chi connectivity index (χ0v) is 9.66. The van der Waals surface area contributed by atoms with Gasteiger partial charge in [-0.05, 0) is 12.1 Å². The molecule has 5 heteroatoms. The van der Waals surface area contributed by atoms with E-state index in [1.165, 1.54) is 0 Å². The summed E-state index contributed by atoms with van der Waals surface area (Å²) in [7, 11) is 0. The van der Waals surface area contributed by atoms with E-state index in [9.17, 15) is 0 Å². The highest BCUT2D eigenvalue weighted by molar-refractivity contribution is 5.39. The van der Waals surface area contributed by atoms with Gasteiger partial charge in [-0.1, -0.05) is 6.07 Å². The molecule has 0 spiro atoms. The van der Waals surface area contributed by atoms with Crippen molar-refractivity contribution in [2.24, 2.45) is 0 Å². The summed E-state index contributed by atoms with van der Waals surface area (Å²) >= 11 is 0. The highest BCUT2D eigenvalue weighted by Gasteiger charge is 2.08. The molecule has 0 fully saturated rings. The van der Waals surface area contributed by atoms with Crippen LogP contribution >= 0.6 is 0 Å². The lowest BCUT2D eigenvalue weighted by Gasteiger charge is -2.19. The van der Waals surface area contributed by atoms with Gasteiger partial charge in [0.25, 0.3) is 0 Å². The van der Waals surface area contributed by atoms with E-state index in [1.807, 2.05) is 39.9 Å². The molecular weight excluding hydrogens is 218 g/mol. The van der Waals surface area contributed by atoms with E-state index >= 15 is 0 Å². The van der Waals surface area contributed by atoms with E-state index in [2.05, 4.69) is 4.98 Å². The smallest absolute Gasteiger partial charge is 0.136 e. The van der Waals surface area contributed by atoms with Crippen LogP contribution in [-0.2, 0) is 6.54 Å². The number of aliphatic hydroxyl groups excluding tert-OH is 2. The Bertz CT molecular complexity index is 463. The van der Waals surface area contributed by atoms with Crippen LogP contribution in [0.15, 0.2) is 30.6 Å². The van der Waals surface area contributed by atoms with Gasteiger partial charge in [-0.2, -0.15) is 0 Å². The predicted octanol–water partition coefficient (Wildman–Crippen LogP) is 0.121. The first-order valence-corrected chi connectivity index (χ1v) is 5.70. The second-order valence-corrected chi connectivity index (χ2v) is 3.90. The fourth-order valence-electron chi connectivity index (χ4n) is 1.88. The molecule has 0 saturated carbocycles. The quantitative estimate of drug-likeness (QED) is 0.746. The summed E-state index contributed by atoms with van der Waals surface area (Å²) in [6.45, 7) is 1.97. The normalized spacial score (nSPS) is 11.5. The maximum absolute atomic E-state index is 8.96. The van der Waals surface area contributed by atoms with Crippen LogP contribution in [0.1, 0.15) is 5.69 Å². The van der Waals surface area contributed by atoms with Gasteiger partial charge in [-0.25, -0.2) is 4.98 Å². The molecule has 17 heavy (non-hydrogen) atoms. The van der Waals surface area contributed by atoms with Crippen LogP contribution in [0.3, 0.4) is 0 Å². The third kappa shape index (κ3) is 2.82. The third-order valence-electron chi connectivity index (χ3n) is 2.71. The van der Waals surface area contributed by atoms with Crippen molar-refractivity contribution in [3.05, 3.63) is 36.3 Å². The molecule has 0 saturated heterocycles. The molecule has 0 aromatic carbocycles. The van der Waals surface area contributed by atoms with Gasteiger partial charge in [-0.3, -0.25) is 4.90 Å². The number of rotatable bonds is 6. The van der Waals surface area contributed by atoms with Crippen molar-refractivity contribution in [2.45, 2.75) is 6.54 Å². The van der Waals surface area contributed by atoms with E-state index in [0.29, 0.717) is 19.6 Å². The van der Waals surface area contributed by atoms with Crippen molar-refractivity contribution < 1.29 is 10.2 Å². The topological polar surface area (TPSA) is 61.0 Å². The van der Waals surface area contributed by atoms with Gasteiger partial charge < -0.3 is 14.6 Å². The number of aliphatic hydroxyl groups is 2. The lowest BCUT2D eigenvalue weighted by Crippen LogP contribution is -2.29. The summed E-state index contributed by atoms with van der Waals surface area (Å²) in [6, 6.07) is 5.86. The number of nitrogens with zero attached hydrogens (tertiary/aromatic N) is 3. The first-order chi connectivity index (χ1) is 8.35. The number of aromatic nitrogens is 2. The maximum Gasteiger partial charge on any atom is 0.136 e. The maximum atomic E-state index is 8.96. The third-order valence-corrected chi connectivity index (χ3v) is 2.71. The Morgan fingerprint density at radius 1 is 1.18 bits per heavy atom. The van der Waals surface area contributed by atoms with E-state index in [0.717, 1.165) is 11.3 Å². The Morgan fingerprint density at radius 2 is 1.94 bits per heavy atom. The van der Waals surface area contributed by atoms with Gasteiger partial charge in [-0.15, -0.1) is 0 Å². The lowest BCUT2D eigenvalue weighted by atomic mass is 10.3. The van der Waals surface area contributed by atoms with E-state index in [1.54, 1.807) is 0 Å². The van der Waals surface area contributed by atoms with Crippen LogP contribution in [0.25, 0.3) is 5.65 Å². The second kappa shape index (κ2) is 5.77. The number of hydrogen-bond donors (Lipinski definition) is 2. The monoisotopic (exact) mass is 235 g/mol. The van der Waals surface area contributed by atoms with Crippen LogP contribution in [0.5, 0.6) is 0 Å². The van der Waals surface area contributed by atoms with E-state index in [4.69, 9.17) is 10.2 Å². The molecule has 0 radical (unpaired) electrons. The van der Waals surface area contributed by atoms with Crippen LogP contribution < -0.4 is 0 Å². The fraction of sp³-hybridized carbons (Fsp3) is 0.417. The standard InChI is InChI=1S/C12H17N3O2/c16-7-5-14(6-8-17)10-11-9-13-12-3-1-2-4-15(11)12/h1-4,9,16-17H,5-8,10H2. The summed E-state index contributed by atoms with van der Waals surface area (Å²) in [4.78, 5) is 6.30. The molecule has 0 aliphatic heterocycles. The second-order valence-electron chi connectivity index (χ2n) is 3.90. The minimum atomic E-state index is 0.0940. The molecule has 2 aromatic heterocycles. The zero-order valence-electron chi connectivity index (χ0n) is 9.66. The highest BCUT2D eigenvalue weighted by Crippen LogP contribution is 2.08. The number of hydrogen-bond acceptors (Lipinski definition) is 4. The van der Waals surface area contributed by atoms with Crippen molar-refractivity contribution in [2.75, 3.05) is 26.3 Å². The van der Waals surface area contributed by atoms with Gasteiger partial charge in [0.1, 0.15) is 5.65 Å². The molecule has 92 valence electrons. The molecule has 5 nitrogen and oxygen atoms in total. The van der Waals surface area contributed by atoms with Crippen molar-refractivity contribution in [3.8, 4) is 0 Å². The predicted molar refractivity (Wildman–Crippen MR) is 64.6 cm³/mol. The molecule has 2 rings (SSSR count). The minimum absolute atomic E-state index is 0.0940. The Labute approximate surface area is 99.9 Å².